The van der Waals surface area contributed by atoms with E-state index in [1.54, 1.807) is 0 Å². The van der Waals surface area contributed by atoms with Gasteiger partial charge in [-0.3, -0.25) is 0 Å². The quantitative estimate of drug-likeness (QED) is 0.280. The topological polar surface area (TPSA) is 18.5 Å². The Balaban J connectivity index is 5.13. The van der Waals surface area contributed by atoms with Crippen molar-refractivity contribution in [3.8, 4) is 0 Å². The fraction of sp³-hybridized carbons (Fsp3) is 0.889. The van der Waals surface area contributed by atoms with Crippen molar-refractivity contribution >= 4 is 8.32 Å². The van der Waals surface area contributed by atoms with E-state index in [-0.39, 0.29) is 0 Å². The molecule has 21 heavy (non-hydrogen) atoms. The number of rotatable bonds is 13. The molecule has 0 aromatic heterocycles. The molecule has 0 saturated carbocycles. The first-order valence-electron chi connectivity index (χ1n) is 9.04. The minimum absolute atomic E-state index is 0.695. The Morgan fingerprint density at radius 3 is 1.48 bits per heavy atom. The zero-order valence-corrected chi connectivity index (χ0v) is 16.4. The van der Waals surface area contributed by atoms with Crippen LogP contribution in [0.5, 0.6) is 0 Å². The van der Waals surface area contributed by atoms with E-state index in [1.165, 1.54) is 62.2 Å². The molecule has 2 nitrogen and oxygen atoms in total. The molecule has 0 spiro atoms. The van der Waals surface area contributed by atoms with Crippen LogP contribution in [0.15, 0.2) is 11.5 Å². The third-order valence-electron chi connectivity index (χ3n) is 3.95. The summed E-state index contributed by atoms with van der Waals surface area (Å²) in [6.45, 7) is 13.8. The highest BCUT2D eigenvalue weighted by molar-refractivity contribution is 6.74. The first-order chi connectivity index (χ1) is 10.0. The van der Waals surface area contributed by atoms with Gasteiger partial charge in [-0.2, -0.15) is 0 Å². The Bertz CT molecular complexity index is 261. The minimum Gasteiger partial charge on any atom is -0.519 e. The molecule has 0 aliphatic carbocycles. The van der Waals surface area contributed by atoms with E-state index < -0.39 is 8.32 Å². The summed E-state index contributed by atoms with van der Waals surface area (Å²) in [7, 11) is -1.70. The van der Waals surface area contributed by atoms with Gasteiger partial charge in [0.25, 0.3) is 14.3 Å². The van der Waals surface area contributed by atoms with Crippen molar-refractivity contribution in [2.45, 2.75) is 98.2 Å². The van der Waals surface area contributed by atoms with E-state index in [9.17, 15) is 0 Å². The van der Waals surface area contributed by atoms with Gasteiger partial charge in [0.15, 0.2) is 0 Å². The predicted molar refractivity (Wildman–Crippen MR) is 96.0 cm³/mol. The summed E-state index contributed by atoms with van der Waals surface area (Å²) in [4.78, 5) is 0. The second-order valence-electron chi connectivity index (χ2n) is 6.32. The lowest BCUT2D eigenvalue weighted by Gasteiger charge is -2.33. The Morgan fingerprint density at radius 1 is 0.762 bits per heavy atom. The molecule has 0 rings (SSSR count). The first kappa shape index (κ1) is 20.6. The standard InChI is InChI=1S/C18H38O2Si/c1-7-11-14-21(15-12-8-2,16-13-9-3)20-18(17(5)6)19-10-4/h7-16H2,1-6H3. The third-order valence-corrected chi connectivity index (χ3v) is 8.36. The highest BCUT2D eigenvalue weighted by atomic mass is 28.4. The molecule has 0 aromatic rings. The van der Waals surface area contributed by atoms with Crippen molar-refractivity contribution < 1.29 is 9.16 Å². The lowest BCUT2D eigenvalue weighted by atomic mass is 10.4. The average molecular weight is 315 g/mol. The van der Waals surface area contributed by atoms with Crippen LogP contribution in [0, 0.1) is 0 Å². The molecule has 0 N–H and O–H groups in total. The molecule has 0 saturated heterocycles. The van der Waals surface area contributed by atoms with Gasteiger partial charge in [0, 0.05) is 5.57 Å². The lowest BCUT2D eigenvalue weighted by molar-refractivity contribution is 0.104. The van der Waals surface area contributed by atoms with Crippen LogP contribution in [0.1, 0.15) is 80.1 Å². The summed E-state index contributed by atoms with van der Waals surface area (Å²) in [6, 6.07) is 3.86. The Hall–Kier alpha value is -0.443. The van der Waals surface area contributed by atoms with E-state index >= 15 is 0 Å². The van der Waals surface area contributed by atoms with Crippen LogP contribution in [-0.2, 0) is 9.16 Å². The van der Waals surface area contributed by atoms with E-state index in [0.29, 0.717) is 6.61 Å². The van der Waals surface area contributed by atoms with Crippen LogP contribution in [-0.4, -0.2) is 14.9 Å². The summed E-state index contributed by atoms with van der Waals surface area (Å²) in [5.41, 5.74) is 1.18. The van der Waals surface area contributed by atoms with Gasteiger partial charge in [-0.25, -0.2) is 0 Å². The maximum Gasteiger partial charge on any atom is 0.263 e. The molecule has 126 valence electrons. The normalized spacial score (nSPS) is 11.3. The van der Waals surface area contributed by atoms with Crippen LogP contribution < -0.4 is 0 Å². The van der Waals surface area contributed by atoms with Gasteiger partial charge in [-0.05, 0) is 38.9 Å². The van der Waals surface area contributed by atoms with Crippen LogP contribution in [0.2, 0.25) is 18.1 Å². The van der Waals surface area contributed by atoms with Crippen molar-refractivity contribution in [2.24, 2.45) is 0 Å². The summed E-state index contributed by atoms with van der Waals surface area (Å²) in [6.07, 6.45) is 7.66. The van der Waals surface area contributed by atoms with E-state index in [0.717, 1.165) is 5.95 Å². The molecule has 3 heteroatoms. The smallest absolute Gasteiger partial charge is 0.263 e. The molecule has 0 bridgehead atoms. The summed E-state index contributed by atoms with van der Waals surface area (Å²) < 4.78 is 12.4. The largest absolute Gasteiger partial charge is 0.519 e. The van der Waals surface area contributed by atoms with Gasteiger partial charge in [0.1, 0.15) is 0 Å². The Labute approximate surface area is 134 Å². The predicted octanol–water partition coefficient (Wildman–Crippen LogP) is 6.64. The van der Waals surface area contributed by atoms with Crippen molar-refractivity contribution in [1.82, 2.24) is 0 Å². The molecule has 0 heterocycles. The van der Waals surface area contributed by atoms with Crippen LogP contribution in [0.4, 0.5) is 0 Å². The molecule has 0 unspecified atom stereocenters. The molecule has 0 radical (unpaired) electrons. The number of hydrogen-bond donors (Lipinski definition) is 0. The summed E-state index contributed by atoms with van der Waals surface area (Å²) >= 11 is 0. The first-order valence-corrected chi connectivity index (χ1v) is 11.6. The van der Waals surface area contributed by atoms with Gasteiger partial charge < -0.3 is 9.16 Å². The van der Waals surface area contributed by atoms with Crippen molar-refractivity contribution in [1.29, 1.82) is 0 Å². The van der Waals surface area contributed by atoms with E-state index in [1.807, 2.05) is 6.92 Å². The van der Waals surface area contributed by atoms with Gasteiger partial charge in [-0.15, -0.1) is 0 Å². The monoisotopic (exact) mass is 314 g/mol. The maximum absolute atomic E-state index is 6.64. The second-order valence-corrected chi connectivity index (χ2v) is 10.4. The molecule has 0 amide bonds. The Morgan fingerprint density at radius 2 is 1.19 bits per heavy atom. The second kappa shape index (κ2) is 12.1. The number of hydrogen-bond acceptors (Lipinski definition) is 2. The molecule has 0 fully saturated rings. The minimum atomic E-state index is -1.70. The molecule has 0 aliphatic heterocycles. The number of ether oxygens (including phenoxy) is 1. The zero-order valence-electron chi connectivity index (χ0n) is 15.4. The highest BCUT2D eigenvalue weighted by Gasteiger charge is 2.36. The average Bonchev–Trinajstić information content (AvgIpc) is 2.48. The van der Waals surface area contributed by atoms with Crippen molar-refractivity contribution in [2.75, 3.05) is 6.61 Å². The van der Waals surface area contributed by atoms with Gasteiger partial charge >= 0.3 is 0 Å². The fourth-order valence-corrected chi connectivity index (χ4v) is 7.33. The number of unbranched alkanes of at least 4 members (excludes halogenated alkanes) is 3. The summed E-state index contributed by atoms with van der Waals surface area (Å²) in [5.74, 6) is 0.826. The van der Waals surface area contributed by atoms with Crippen molar-refractivity contribution in [3.63, 3.8) is 0 Å². The van der Waals surface area contributed by atoms with Crippen LogP contribution in [0.25, 0.3) is 0 Å². The SMILES string of the molecule is CCCC[Si](CCCC)(CCCC)OC(OCC)=C(C)C. The summed E-state index contributed by atoms with van der Waals surface area (Å²) in [5, 5.41) is 0. The van der Waals surface area contributed by atoms with Crippen molar-refractivity contribution in [3.05, 3.63) is 11.5 Å². The van der Waals surface area contributed by atoms with Crippen LogP contribution >= 0.6 is 0 Å². The number of allylic oxidation sites excluding steroid dienone is 1. The molecular weight excluding hydrogens is 276 g/mol. The molecule has 0 atom stereocenters. The highest BCUT2D eigenvalue weighted by Crippen LogP contribution is 2.32. The Kier molecular flexibility index (Phi) is 11.9. The van der Waals surface area contributed by atoms with E-state index in [2.05, 4.69) is 34.6 Å². The van der Waals surface area contributed by atoms with E-state index in [4.69, 9.17) is 9.16 Å². The lowest BCUT2D eigenvalue weighted by Crippen LogP contribution is -2.38. The fourth-order valence-electron chi connectivity index (χ4n) is 2.63. The van der Waals surface area contributed by atoms with Gasteiger partial charge in [0.2, 0.25) is 0 Å². The third kappa shape index (κ3) is 8.55. The van der Waals surface area contributed by atoms with Gasteiger partial charge in [-0.1, -0.05) is 59.3 Å². The van der Waals surface area contributed by atoms with Crippen LogP contribution in [0.3, 0.4) is 0 Å². The molecule has 0 aromatic carbocycles. The molecule has 0 aliphatic rings. The zero-order chi connectivity index (χ0) is 16.1. The molecular formula is C18H38O2Si. The maximum atomic E-state index is 6.64. The van der Waals surface area contributed by atoms with Gasteiger partial charge in [0.05, 0.1) is 6.61 Å².